The summed E-state index contributed by atoms with van der Waals surface area (Å²) >= 11 is 0. The van der Waals surface area contributed by atoms with Gasteiger partial charge >= 0.3 is 12.0 Å². The molecule has 0 bridgehead atoms. The molecule has 3 amide bonds. The van der Waals surface area contributed by atoms with Crippen molar-refractivity contribution in [3.05, 3.63) is 23.3 Å². The molecule has 3 aliphatic rings. The van der Waals surface area contributed by atoms with Crippen LogP contribution in [-0.4, -0.2) is 115 Å². The van der Waals surface area contributed by atoms with Gasteiger partial charge < -0.3 is 29.3 Å². The van der Waals surface area contributed by atoms with Gasteiger partial charge in [-0.3, -0.25) is 14.5 Å². The highest BCUT2D eigenvalue weighted by atomic mass is 16.5. The third-order valence-corrected chi connectivity index (χ3v) is 8.70. The highest BCUT2D eigenvalue weighted by molar-refractivity contribution is 5.79. The molecule has 40 heavy (non-hydrogen) atoms. The van der Waals surface area contributed by atoms with Gasteiger partial charge in [0.2, 0.25) is 5.91 Å². The van der Waals surface area contributed by atoms with Gasteiger partial charge in [0, 0.05) is 70.3 Å². The second-order valence-electron chi connectivity index (χ2n) is 11.3. The molecule has 1 unspecified atom stereocenters. The smallest absolute Gasteiger partial charge is 0.319 e. The molecule has 0 saturated carbocycles. The van der Waals surface area contributed by atoms with Gasteiger partial charge in [0.25, 0.3) is 0 Å². The Morgan fingerprint density at radius 3 is 2.48 bits per heavy atom. The summed E-state index contributed by atoms with van der Waals surface area (Å²) in [5.74, 6) is -0.497. The molecule has 10 nitrogen and oxygen atoms in total. The van der Waals surface area contributed by atoms with Gasteiger partial charge in [0.15, 0.2) is 11.5 Å². The van der Waals surface area contributed by atoms with Crippen molar-refractivity contribution in [3.8, 4) is 11.5 Å². The first-order valence-corrected chi connectivity index (χ1v) is 14.9. The van der Waals surface area contributed by atoms with E-state index >= 15 is 0 Å². The molecule has 3 heterocycles. The number of unbranched alkanes of at least 4 members (excludes halogenated alkanes) is 2. The van der Waals surface area contributed by atoms with Crippen molar-refractivity contribution in [3.63, 3.8) is 0 Å². The Kier molecular flexibility index (Phi) is 10.2. The number of nitrogens with zero attached hydrogens (tertiary/aromatic N) is 4. The SMILES string of the molecule is CCCCN(CCCC)C(=O)CN1C[C@H](c2cc3c(c(OC)c2)OCC3)C(C(=O)O)[C@@H]1CCN1CCN(C)C1=O. The lowest BCUT2D eigenvalue weighted by Crippen LogP contribution is -2.46. The number of aliphatic carboxylic acids is 1. The molecule has 1 N–H and O–H groups in total. The number of likely N-dealkylation sites (N-methyl/N-ethyl adjacent to an activating group) is 1. The second-order valence-corrected chi connectivity index (χ2v) is 11.3. The fourth-order valence-corrected chi connectivity index (χ4v) is 6.38. The number of carboxylic acid groups (broad SMARTS) is 1. The minimum absolute atomic E-state index is 0.0299. The zero-order valence-electron chi connectivity index (χ0n) is 24.6. The summed E-state index contributed by atoms with van der Waals surface area (Å²) in [5.41, 5.74) is 1.93. The number of carboxylic acids is 1. The van der Waals surface area contributed by atoms with Crippen molar-refractivity contribution >= 4 is 17.9 Å². The van der Waals surface area contributed by atoms with Crippen LogP contribution in [0.1, 0.15) is 63.0 Å². The van der Waals surface area contributed by atoms with E-state index < -0.39 is 11.9 Å². The minimum atomic E-state index is -0.876. The molecule has 2 fully saturated rings. The van der Waals surface area contributed by atoms with Gasteiger partial charge in [-0.1, -0.05) is 32.8 Å². The number of ether oxygens (including phenoxy) is 2. The van der Waals surface area contributed by atoms with E-state index in [-0.39, 0.29) is 30.4 Å². The molecule has 4 rings (SSSR count). The Morgan fingerprint density at radius 2 is 1.88 bits per heavy atom. The van der Waals surface area contributed by atoms with Crippen LogP contribution < -0.4 is 9.47 Å². The molecule has 3 aliphatic heterocycles. The van der Waals surface area contributed by atoms with Gasteiger partial charge in [-0.15, -0.1) is 0 Å². The Hall–Kier alpha value is -3.01. The molecule has 0 spiro atoms. The van der Waals surface area contributed by atoms with Gasteiger partial charge in [-0.2, -0.15) is 0 Å². The lowest BCUT2D eigenvalue weighted by atomic mass is 9.83. The molecule has 222 valence electrons. The van der Waals surface area contributed by atoms with Crippen LogP contribution in [0, 0.1) is 5.92 Å². The highest BCUT2D eigenvalue weighted by Crippen LogP contribution is 2.44. The zero-order chi connectivity index (χ0) is 28.8. The maximum Gasteiger partial charge on any atom is 0.319 e. The number of methoxy groups -OCH3 is 1. The van der Waals surface area contributed by atoms with Crippen LogP contribution in [-0.2, 0) is 16.0 Å². The van der Waals surface area contributed by atoms with Crippen LogP contribution in [0.4, 0.5) is 4.79 Å². The Balaban J connectivity index is 1.62. The quantitative estimate of drug-likeness (QED) is 0.374. The molecular formula is C30H46N4O6. The summed E-state index contributed by atoms with van der Waals surface area (Å²) in [6.45, 7) is 8.65. The third kappa shape index (κ3) is 6.48. The number of rotatable bonds is 14. The van der Waals surface area contributed by atoms with Gasteiger partial charge in [-0.05, 0) is 30.9 Å². The largest absolute Gasteiger partial charge is 0.493 e. The monoisotopic (exact) mass is 558 g/mol. The van der Waals surface area contributed by atoms with Crippen LogP contribution in [0.3, 0.4) is 0 Å². The summed E-state index contributed by atoms with van der Waals surface area (Å²) in [5, 5.41) is 10.5. The lowest BCUT2D eigenvalue weighted by molar-refractivity contribution is -0.144. The van der Waals surface area contributed by atoms with Crippen molar-refractivity contribution in [2.45, 2.75) is 64.3 Å². The maximum atomic E-state index is 13.6. The van der Waals surface area contributed by atoms with Crippen LogP contribution in [0.25, 0.3) is 0 Å². The molecule has 1 aromatic rings. The van der Waals surface area contributed by atoms with E-state index in [1.54, 1.807) is 24.0 Å². The molecule has 3 atom stereocenters. The van der Waals surface area contributed by atoms with Crippen LogP contribution in [0.5, 0.6) is 11.5 Å². The number of carbonyl (C=O) groups excluding carboxylic acids is 2. The van der Waals surface area contributed by atoms with Crippen LogP contribution in [0.2, 0.25) is 0 Å². The third-order valence-electron chi connectivity index (χ3n) is 8.70. The van der Waals surface area contributed by atoms with E-state index in [9.17, 15) is 19.5 Å². The first-order chi connectivity index (χ1) is 19.3. The topological polar surface area (TPSA) is 103 Å². The first-order valence-electron chi connectivity index (χ1n) is 14.9. The van der Waals surface area contributed by atoms with E-state index in [0.29, 0.717) is 45.0 Å². The van der Waals surface area contributed by atoms with Crippen molar-refractivity contribution in [1.82, 2.24) is 19.6 Å². The Bertz CT molecular complexity index is 1060. The minimum Gasteiger partial charge on any atom is -0.493 e. The molecule has 0 aromatic heterocycles. The predicted molar refractivity (Wildman–Crippen MR) is 152 cm³/mol. The molecule has 10 heteroatoms. The first kappa shape index (κ1) is 30.0. The van der Waals surface area contributed by atoms with Crippen molar-refractivity contribution < 1.29 is 29.0 Å². The Morgan fingerprint density at radius 1 is 1.15 bits per heavy atom. The summed E-state index contributed by atoms with van der Waals surface area (Å²) in [4.78, 5) is 46.6. The molecule has 1 aromatic carbocycles. The second kappa shape index (κ2) is 13.6. The van der Waals surface area contributed by atoms with E-state index in [2.05, 4.69) is 24.8 Å². The molecule has 0 radical (unpaired) electrons. The average Bonchev–Trinajstić information content (AvgIpc) is 3.64. The fourth-order valence-electron chi connectivity index (χ4n) is 6.38. The number of likely N-dealkylation sites (tertiary alicyclic amines) is 1. The molecular weight excluding hydrogens is 512 g/mol. The standard InChI is InChI=1S/C30H46N4O6/c1-5-7-11-32(12-8-6-2)26(35)20-34-19-23(22-17-21-10-16-40-28(21)25(18-22)39-4)27(29(36)37)24(34)9-13-33-15-14-31(3)30(33)38/h17-18,23-24,27H,5-16,19-20H2,1-4H3,(H,36,37)/t23-,24+,27?/m1/s1. The van der Waals surface area contributed by atoms with Crippen molar-refractivity contribution in [2.75, 3.05) is 66.6 Å². The molecule has 0 aliphatic carbocycles. The fraction of sp³-hybridized carbons (Fsp3) is 0.700. The number of carbonyl (C=O) groups is 3. The van der Waals surface area contributed by atoms with E-state index in [4.69, 9.17) is 9.47 Å². The van der Waals surface area contributed by atoms with Crippen LogP contribution >= 0.6 is 0 Å². The number of fused-ring (bicyclic) bond motifs is 1. The van der Waals surface area contributed by atoms with Crippen molar-refractivity contribution in [1.29, 1.82) is 0 Å². The number of amides is 3. The number of urea groups is 1. The lowest BCUT2D eigenvalue weighted by Gasteiger charge is -2.30. The van der Waals surface area contributed by atoms with E-state index in [0.717, 1.165) is 62.1 Å². The summed E-state index contributed by atoms with van der Waals surface area (Å²) in [6.07, 6.45) is 5.16. The van der Waals surface area contributed by atoms with Gasteiger partial charge in [-0.25, -0.2) is 4.79 Å². The summed E-state index contributed by atoms with van der Waals surface area (Å²) in [6, 6.07) is 3.56. The summed E-state index contributed by atoms with van der Waals surface area (Å²) in [7, 11) is 3.38. The van der Waals surface area contributed by atoms with Gasteiger partial charge in [0.1, 0.15) is 0 Å². The average molecular weight is 559 g/mol. The number of hydrogen-bond acceptors (Lipinski definition) is 6. The maximum absolute atomic E-state index is 13.6. The zero-order valence-corrected chi connectivity index (χ0v) is 24.6. The van der Waals surface area contributed by atoms with Crippen LogP contribution in [0.15, 0.2) is 12.1 Å². The summed E-state index contributed by atoms with van der Waals surface area (Å²) < 4.78 is 11.4. The van der Waals surface area contributed by atoms with E-state index in [1.165, 1.54) is 0 Å². The number of benzene rings is 1. The van der Waals surface area contributed by atoms with E-state index in [1.807, 2.05) is 11.0 Å². The highest BCUT2D eigenvalue weighted by Gasteiger charge is 2.48. The van der Waals surface area contributed by atoms with Gasteiger partial charge in [0.05, 0.1) is 26.2 Å². The normalized spacial score (nSPS) is 22.5. The number of hydrogen-bond donors (Lipinski definition) is 1. The molecule has 2 saturated heterocycles. The Labute approximate surface area is 238 Å². The predicted octanol–water partition coefficient (Wildman–Crippen LogP) is 3.29. The van der Waals surface area contributed by atoms with Crippen molar-refractivity contribution in [2.24, 2.45) is 5.92 Å².